The van der Waals surface area contributed by atoms with Crippen LogP contribution in [0.5, 0.6) is 0 Å². The van der Waals surface area contributed by atoms with E-state index in [1.807, 2.05) is 16.3 Å². The molecule has 4 heteroatoms. The van der Waals surface area contributed by atoms with Gasteiger partial charge >= 0.3 is 0 Å². The van der Waals surface area contributed by atoms with Crippen LogP contribution >= 0.6 is 11.3 Å². The molecule has 20 heavy (non-hydrogen) atoms. The minimum atomic E-state index is 0.0930. The van der Waals surface area contributed by atoms with Gasteiger partial charge in [0.05, 0.1) is 13.2 Å². The molecule has 1 aliphatic rings. The number of thiophene rings is 1. The van der Waals surface area contributed by atoms with Gasteiger partial charge in [-0.1, -0.05) is 25.2 Å². The van der Waals surface area contributed by atoms with E-state index >= 15 is 0 Å². The number of likely N-dealkylation sites (tertiary alicyclic amines) is 1. The van der Waals surface area contributed by atoms with Crippen LogP contribution in [0.2, 0.25) is 0 Å². The first-order valence-corrected chi connectivity index (χ1v) is 8.06. The Bertz CT molecular complexity index is 512. The van der Waals surface area contributed by atoms with E-state index in [4.69, 9.17) is 5.11 Å². The van der Waals surface area contributed by atoms with E-state index in [0.29, 0.717) is 25.3 Å². The molecule has 0 aliphatic carbocycles. The number of hydrogen-bond acceptors (Lipinski definition) is 3. The van der Waals surface area contributed by atoms with E-state index in [1.165, 1.54) is 0 Å². The van der Waals surface area contributed by atoms with Gasteiger partial charge in [0.15, 0.2) is 0 Å². The molecule has 1 aromatic rings. The monoisotopic (exact) mass is 291 g/mol. The Hall–Kier alpha value is -1.31. The number of carbonyl (C=O) groups is 1. The molecule has 1 unspecified atom stereocenters. The first-order chi connectivity index (χ1) is 9.74. The van der Waals surface area contributed by atoms with Crippen LogP contribution < -0.4 is 0 Å². The molecule has 0 saturated carbocycles. The summed E-state index contributed by atoms with van der Waals surface area (Å²) < 4.78 is 0. The zero-order valence-electron chi connectivity index (χ0n) is 11.9. The van der Waals surface area contributed by atoms with Crippen molar-refractivity contribution in [1.82, 2.24) is 4.90 Å². The third-order valence-corrected chi connectivity index (χ3v) is 4.44. The fourth-order valence-corrected chi connectivity index (χ4v) is 3.41. The molecule has 1 aliphatic heterocycles. The molecule has 1 saturated heterocycles. The highest BCUT2D eigenvalue weighted by atomic mass is 32.1. The van der Waals surface area contributed by atoms with Gasteiger partial charge in [-0.2, -0.15) is 0 Å². The first kappa shape index (κ1) is 15.1. The Morgan fingerprint density at radius 1 is 1.55 bits per heavy atom. The minimum absolute atomic E-state index is 0.0930. The van der Waals surface area contributed by atoms with Gasteiger partial charge in [0.1, 0.15) is 0 Å². The van der Waals surface area contributed by atoms with E-state index in [-0.39, 0.29) is 12.5 Å². The number of nitrogens with zero attached hydrogens (tertiary/aromatic N) is 1. The summed E-state index contributed by atoms with van der Waals surface area (Å²) in [6.45, 7) is 3.82. The second-order valence-electron chi connectivity index (χ2n) is 5.17. The Kier molecular flexibility index (Phi) is 5.63. The average Bonchev–Trinajstić information content (AvgIpc) is 2.99. The van der Waals surface area contributed by atoms with Crippen molar-refractivity contribution in [2.75, 3.05) is 13.2 Å². The molecule has 3 nitrogen and oxygen atoms in total. The molecule has 2 rings (SSSR count). The number of aliphatic hydroxyl groups is 1. The maximum absolute atomic E-state index is 12.0. The van der Waals surface area contributed by atoms with Crippen LogP contribution in [0.15, 0.2) is 11.4 Å². The molecule has 1 N–H and O–H groups in total. The average molecular weight is 291 g/mol. The van der Waals surface area contributed by atoms with Crippen LogP contribution in [-0.4, -0.2) is 29.1 Å². The summed E-state index contributed by atoms with van der Waals surface area (Å²) in [5.74, 6) is 6.82. The molecular formula is C16H21NO2S. The molecule has 1 atom stereocenters. The number of carbonyl (C=O) groups excluding carboxylic acids is 1. The van der Waals surface area contributed by atoms with E-state index in [1.54, 1.807) is 11.3 Å². The van der Waals surface area contributed by atoms with Crippen molar-refractivity contribution >= 4 is 17.2 Å². The minimum Gasteiger partial charge on any atom is -0.395 e. The van der Waals surface area contributed by atoms with E-state index in [2.05, 4.69) is 18.8 Å². The topological polar surface area (TPSA) is 40.5 Å². The van der Waals surface area contributed by atoms with Crippen molar-refractivity contribution < 1.29 is 9.90 Å². The first-order valence-electron chi connectivity index (χ1n) is 7.18. The van der Waals surface area contributed by atoms with Crippen LogP contribution in [0.1, 0.15) is 43.0 Å². The largest absolute Gasteiger partial charge is 0.395 e. The van der Waals surface area contributed by atoms with Gasteiger partial charge in [0.25, 0.3) is 0 Å². The lowest BCUT2D eigenvalue weighted by atomic mass is 10.0. The highest BCUT2D eigenvalue weighted by Crippen LogP contribution is 2.26. The Morgan fingerprint density at radius 2 is 2.40 bits per heavy atom. The van der Waals surface area contributed by atoms with Crippen LogP contribution in [0.4, 0.5) is 0 Å². The molecule has 0 aromatic carbocycles. The van der Waals surface area contributed by atoms with Gasteiger partial charge in [-0.25, -0.2) is 0 Å². The predicted molar refractivity (Wildman–Crippen MR) is 81.3 cm³/mol. The molecule has 0 bridgehead atoms. The lowest BCUT2D eigenvalue weighted by Gasteiger charge is -2.15. The van der Waals surface area contributed by atoms with Gasteiger partial charge in [0.2, 0.25) is 5.91 Å². The number of amides is 1. The zero-order chi connectivity index (χ0) is 14.4. The normalized spacial score (nSPS) is 18.2. The van der Waals surface area contributed by atoms with Gasteiger partial charge < -0.3 is 10.0 Å². The second kappa shape index (κ2) is 7.47. The van der Waals surface area contributed by atoms with Crippen molar-refractivity contribution in [3.8, 4) is 11.8 Å². The highest BCUT2D eigenvalue weighted by Gasteiger charge is 2.29. The van der Waals surface area contributed by atoms with Crippen LogP contribution in [0.25, 0.3) is 0 Å². The molecule has 0 spiro atoms. The maximum atomic E-state index is 12.0. The van der Waals surface area contributed by atoms with E-state index in [0.717, 1.165) is 29.8 Å². The quantitative estimate of drug-likeness (QED) is 0.847. The summed E-state index contributed by atoms with van der Waals surface area (Å²) in [4.78, 5) is 15.1. The van der Waals surface area contributed by atoms with Gasteiger partial charge in [0, 0.05) is 29.8 Å². The Labute approximate surface area is 124 Å². The summed E-state index contributed by atoms with van der Waals surface area (Å²) >= 11 is 1.65. The van der Waals surface area contributed by atoms with Crippen LogP contribution in [0.3, 0.4) is 0 Å². The predicted octanol–water partition coefficient (Wildman–Crippen LogP) is 2.63. The molecule has 1 fully saturated rings. The lowest BCUT2D eigenvalue weighted by molar-refractivity contribution is -0.128. The fraction of sp³-hybridized carbons (Fsp3) is 0.562. The molecule has 1 aromatic heterocycles. The molecular weight excluding hydrogens is 270 g/mol. The van der Waals surface area contributed by atoms with Gasteiger partial charge in [-0.15, -0.1) is 11.3 Å². The third-order valence-electron chi connectivity index (χ3n) is 3.53. The van der Waals surface area contributed by atoms with E-state index < -0.39 is 0 Å². The lowest BCUT2D eigenvalue weighted by Crippen LogP contribution is -2.24. The zero-order valence-corrected chi connectivity index (χ0v) is 12.7. The molecule has 1 amide bonds. The van der Waals surface area contributed by atoms with Crippen molar-refractivity contribution in [2.24, 2.45) is 5.92 Å². The summed E-state index contributed by atoms with van der Waals surface area (Å²) in [6.07, 6.45) is 3.47. The van der Waals surface area contributed by atoms with Crippen LogP contribution in [0, 0.1) is 17.8 Å². The standard InChI is InChI=1S/C16H21NO2S/c1-2-5-13-10-16(19)17(11-13)12-15-14(7-9-20-15)6-3-4-8-18/h7,9,13,18H,2,4-5,8,10-12H2,1H3. The van der Waals surface area contributed by atoms with Crippen LogP contribution in [-0.2, 0) is 11.3 Å². The third kappa shape index (κ3) is 3.84. The fourth-order valence-electron chi connectivity index (χ4n) is 2.57. The number of aliphatic hydroxyl groups excluding tert-OH is 1. The maximum Gasteiger partial charge on any atom is 0.223 e. The number of hydrogen-bond donors (Lipinski definition) is 1. The highest BCUT2D eigenvalue weighted by molar-refractivity contribution is 7.10. The Balaban J connectivity index is 1.99. The van der Waals surface area contributed by atoms with Gasteiger partial charge in [-0.3, -0.25) is 4.79 Å². The van der Waals surface area contributed by atoms with Crippen molar-refractivity contribution in [3.63, 3.8) is 0 Å². The summed E-state index contributed by atoms with van der Waals surface area (Å²) in [6, 6.07) is 1.99. The smallest absolute Gasteiger partial charge is 0.223 e. The SMILES string of the molecule is CCCC1CC(=O)N(Cc2sccc2C#CCCO)C1. The molecule has 2 heterocycles. The molecule has 0 radical (unpaired) electrons. The Morgan fingerprint density at radius 3 is 3.15 bits per heavy atom. The second-order valence-corrected chi connectivity index (χ2v) is 6.17. The summed E-state index contributed by atoms with van der Waals surface area (Å²) in [5.41, 5.74) is 0.996. The van der Waals surface area contributed by atoms with Gasteiger partial charge in [-0.05, 0) is 23.8 Å². The molecule has 108 valence electrons. The van der Waals surface area contributed by atoms with Crippen molar-refractivity contribution in [1.29, 1.82) is 0 Å². The summed E-state index contributed by atoms with van der Waals surface area (Å²) in [7, 11) is 0. The van der Waals surface area contributed by atoms with Crippen molar-refractivity contribution in [3.05, 3.63) is 21.9 Å². The van der Waals surface area contributed by atoms with E-state index in [9.17, 15) is 4.79 Å². The number of rotatable bonds is 5. The summed E-state index contributed by atoms with van der Waals surface area (Å²) in [5, 5.41) is 10.8. The van der Waals surface area contributed by atoms with Crippen molar-refractivity contribution in [2.45, 2.75) is 39.2 Å².